The minimum atomic E-state index is -0.712. The molecule has 0 bridgehead atoms. The molecule has 1 aromatic carbocycles. The Balaban J connectivity index is 0.00000400. The summed E-state index contributed by atoms with van der Waals surface area (Å²) < 4.78 is 18.0. The smallest absolute Gasteiger partial charge is 0.337 e. The van der Waals surface area contributed by atoms with Gasteiger partial charge in [0.2, 0.25) is 11.8 Å². The Labute approximate surface area is 126 Å². The molecule has 9 heteroatoms. The molecule has 7 nitrogen and oxygen atoms in total. The summed E-state index contributed by atoms with van der Waals surface area (Å²) in [6, 6.07) is 3.40. The van der Waals surface area contributed by atoms with Crippen molar-refractivity contribution in [1.82, 2.24) is 5.32 Å². The van der Waals surface area contributed by atoms with Crippen LogP contribution in [-0.2, 0) is 14.3 Å². The van der Waals surface area contributed by atoms with Crippen molar-refractivity contribution in [3.05, 3.63) is 29.6 Å². The zero-order valence-electron chi connectivity index (χ0n) is 11.1. The van der Waals surface area contributed by atoms with Crippen LogP contribution in [0.2, 0.25) is 0 Å². The second-order valence-corrected chi connectivity index (χ2v) is 3.72. The van der Waals surface area contributed by atoms with Gasteiger partial charge in [0.25, 0.3) is 0 Å². The molecule has 0 saturated heterocycles. The van der Waals surface area contributed by atoms with E-state index in [1.54, 1.807) is 0 Å². The van der Waals surface area contributed by atoms with Gasteiger partial charge in [-0.3, -0.25) is 9.59 Å². The molecule has 4 N–H and O–H groups in total. The average molecular weight is 320 g/mol. The summed E-state index contributed by atoms with van der Waals surface area (Å²) in [5, 5.41) is 4.46. The van der Waals surface area contributed by atoms with Gasteiger partial charge in [0.05, 0.1) is 31.5 Å². The zero-order chi connectivity index (χ0) is 15.1. The van der Waals surface area contributed by atoms with E-state index in [1.165, 1.54) is 13.2 Å². The highest BCUT2D eigenvalue weighted by Crippen LogP contribution is 2.16. The van der Waals surface area contributed by atoms with E-state index in [2.05, 4.69) is 15.4 Å². The van der Waals surface area contributed by atoms with E-state index in [4.69, 9.17) is 5.73 Å². The fraction of sp³-hybridized carbons (Fsp3) is 0.250. The Hall–Kier alpha value is -2.19. The van der Waals surface area contributed by atoms with Crippen molar-refractivity contribution >= 4 is 35.9 Å². The van der Waals surface area contributed by atoms with Gasteiger partial charge in [0.1, 0.15) is 5.82 Å². The number of nitrogens with one attached hydrogen (secondary N) is 2. The number of amides is 2. The first kappa shape index (κ1) is 18.8. The lowest BCUT2D eigenvalue weighted by atomic mass is 10.2. The van der Waals surface area contributed by atoms with Crippen molar-refractivity contribution in [2.24, 2.45) is 5.73 Å². The van der Waals surface area contributed by atoms with Gasteiger partial charge in [0.15, 0.2) is 0 Å². The Morgan fingerprint density at radius 2 is 1.95 bits per heavy atom. The number of carbonyl (C=O) groups excluding carboxylic acids is 3. The maximum absolute atomic E-state index is 13.5. The van der Waals surface area contributed by atoms with E-state index in [9.17, 15) is 18.8 Å². The molecule has 116 valence electrons. The first-order valence-electron chi connectivity index (χ1n) is 5.62. The average Bonchev–Trinajstić information content (AvgIpc) is 2.46. The molecular formula is C12H15ClFN3O4. The molecule has 0 atom stereocenters. The number of anilines is 1. The van der Waals surface area contributed by atoms with Crippen molar-refractivity contribution in [1.29, 1.82) is 0 Å². The minimum Gasteiger partial charge on any atom is -0.465 e. The number of benzene rings is 1. The topological polar surface area (TPSA) is 111 Å². The second kappa shape index (κ2) is 8.88. The standard InChI is InChI=1S/C12H14FN3O4.ClH/c1-20-12(19)7-2-3-8(13)9(4-7)16-11(18)6-15-10(17)5-14;/h2-4H,5-6,14H2,1H3,(H,15,17)(H,16,18);1H. The lowest BCUT2D eigenvalue weighted by Crippen LogP contribution is -2.36. The molecule has 21 heavy (non-hydrogen) atoms. The van der Waals surface area contributed by atoms with Crippen molar-refractivity contribution in [3.8, 4) is 0 Å². The fourth-order valence-corrected chi connectivity index (χ4v) is 1.31. The third-order valence-electron chi connectivity index (χ3n) is 2.29. The number of hydrogen-bond acceptors (Lipinski definition) is 5. The van der Waals surface area contributed by atoms with Crippen LogP contribution in [0.1, 0.15) is 10.4 Å². The largest absolute Gasteiger partial charge is 0.465 e. The Morgan fingerprint density at radius 3 is 2.52 bits per heavy atom. The van der Waals surface area contributed by atoms with E-state index in [0.29, 0.717) is 0 Å². The summed E-state index contributed by atoms with van der Waals surface area (Å²) >= 11 is 0. The highest BCUT2D eigenvalue weighted by Gasteiger charge is 2.12. The predicted octanol–water partition coefficient (Wildman–Crippen LogP) is 0.0475. The first-order valence-corrected chi connectivity index (χ1v) is 5.62. The molecular weight excluding hydrogens is 305 g/mol. The van der Waals surface area contributed by atoms with Gasteiger partial charge in [-0.15, -0.1) is 12.4 Å². The third-order valence-corrected chi connectivity index (χ3v) is 2.29. The molecule has 2 amide bonds. The zero-order valence-corrected chi connectivity index (χ0v) is 12.0. The van der Waals surface area contributed by atoms with Crippen LogP contribution >= 0.6 is 12.4 Å². The van der Waals surface area contributed by atoms with Crippen LogP contribution in [0.4, 0.5) is 10.1 Å². The molecule has 0 aromatic heterocycles. The van der Waals surface area contributed by atoms with E-state index in [-0.39, 0.29) is 36.7 Å². The van der Waals surface area contributed by atoms with Crippen molar-refractivity contribution in [2.75, 3.05) is 25.5 Å². The van der Waals surface area contributed by atoms with Crippen LogP contribution in [-0.4, -0.2) is 38.0 Å². The van der Waals surface area contributed by atoms with Crippen molar-refractivity contribution in [2.45, 2.75) is 0 Å². The van der Waals surface area contributed by atoms with E-state index >= 15 is 0 Å². The molecule has 1 rings (SSSR count). The Morgan fingerprint density at radius 1 is 1.29 bits per heavy atom. The van der Waals surface area contributed by atoms with Gasteiger partial charge in [-0.05, 0) is 18.2 Å². The third kappa shape index (κ3) is 5.76. The highest BCUT2D eigenvalue weighted by molar-refractivity contribution is 5.96. The number of carbonyl (C=O) groups is 3. The minimum absolute atomic E-state index is 0. The summed E-state index contributed by atoms with van der Waals surface area (Å²) in [7, 11) is 1.19. The second-order valence-electron chi connectivity index (χ2n) is 3.72. The van der Waals surface area contributed by atoms with Crippen molar-refractivity contribution < 1.29 is 23.5 Å². The van der Waals surface area contributed by atoms with E-state index in [1.807, 2.05) is 0 Å². The number of methoxy groups -OCH3 is 1. The van der Waals surface area contributed by atoms with Crippen LogP contribution in [0.25, 0.3) is 0 Å². The SMILES string of the molecule is COC(=O)c1ccc(F)c(NC(=O)CNC(=O)CN)c1.Cl. The van der Waals surface area contributed by atoms with Gasteiger partial charge in [-0.1, -0.05) is 0 Å². The Bertz CT molecular complexity index is 539. The van der Waals surface area contributed by atoms with Crippen LogP contribution in [0.15, 0.2) is 18.2 Å². The summed E-state index contributed by atoms with van der Waals surface area (Å²) in [6.07, 6.45) is 0. The number of rotatable bonds is 5. The van der Waals surface area contributed by atoms with Crippen molar-refractivity contribution in [3.63, 3.8) is 0 Å². The Kier molecular flexibility index (Phi) is 7.95. The molecule has 0 unspecified atom stereocenters. The number of esters is 1. The fourth-order valence-electron chi connectivity index (χ4n) is 1.31. The molecule has 0 aliphatic rings. The number of ether oxygens (including phenoxy) is 1. The summed E-state index contributed by atoms with van der Waals surface area (Å²) in [5.74, 6) is -2.52. The first-order chi connectivity index (χ1) is 9.47. The van der Waals surface area contributed by atoms with Gasteiger partial charge < -0.3 is 21.1 Å². The van der Waals surface area contributed by atoms with E-state index in [0.717, 1.165) is 12.1 Å². The molecule has 0 radical (unpaired) electrons. The molecule has 0 saturated carbocycles. The summed E-state index contributed by atoms with van der Waals surface area (Å²) in [4.78, 5) is 33.6. The maximum Gasteiger partial charge on any atom is 0.337 e. The highest BCUT2D eigenvalue weighted by atomic mass is 35.5. The molecule has 0 aliphatic heterocycles. The van der Waals surface area contributed by atoms with Crippen LogP contribution in [0.3, 0.4) is 0 Å². The van der Waals surface area contributed by atoms with Crippen LogP contribution in [0, 0.1) is 5.82 Å². The van der Waals surface area contributed by atoms with Gasteiger partial charge in [-0.2, -0.15) is 0 Å². The number of hydrogen-bond donors (Lipinski definition) is 3. The van der Waals surface area contributed by atoms with Gasteiger partial charge in [0, 0.05) is 0 Å². The summed E-state index contributed by atoms with van der Waals surface area (Å²) in [6.45, 7) is -0.600. The lowest BCUT2D eigenvalue weighted by Gasteiger charge is -2.08. The van der Waals surface area contributed by atoms with Gasteiger partial charge in [-0.25, -0.2) is 9.18 Å². The molecule has 0 spiro atoms. The van der Waals surface area contributed by atoms with Crippen LogP contribution < -0.4 is 16.4 Å². The van der Waals surface area contributed by atoms with Gasteiger partial charge >= 0.3 is 5.97 Å². The van der Waals surface area contributed by atoms with Crippen LogP contribution in [0.5, 0.6) is 0 Å². The van der Waals surface area contributed by atoms with E-state index < -0.39 is 23.6 Å². The molecule has 1 aromatic rings. The normalized spacial score (nSPS) is 9.29. The monoisotopic (exact) mass is 319 g/mol. The lowest BCUT2D eigenvalue weighted by molar-refractivity contribution is -0.123. The maximum atomic E-state index is 13.5. The molecule has 0 fully saturated rings. The quantitative estimate of drug-likeness (QED) is 0.664. The molecule has 0 heterocycles. The molecule has 0 aliphatic carbocycles. The number of halogens is 2. The number of nitrogens with two attached hydrogens (primary N) is 1. The predicted molar refractivity (Wildman–Crippen MR) is 75.7 cm³/mol. The summed E-state index contributed by atoms with van der Waals surface area (Å²) in [5.41, 5.74) is 4.96.